The van der Waals surface area contributed by atoms with Gasteiger partial charge in [0.2, 0.25) is 5.91 Å². The second-order valence-corrected chi connectivity index (χ2v) is 11.3. The van der Waals surface area contributed by atoms with E-state index in [-0.39, 0.29) is 24.6 Å². The fraction of sp³-hybridized carbons (Fsp3) is 0.462. The Hall–Kier alpha value is -1.97. The van der Waals surface area contributed by atoms with Gasteiger partial charge in [0.25, 0.3) is 5.97 Å². The van der Waals surface area contributed by atoms with Gasteiger partial charge in [-0.2, -0.15) is 0 Å². The summed E-state index contributed by atoms with van der Waals surface area (Å²) in [5.41, 5.74) is 1.02. The average molecular weight is 558 g/mol. The molecule has 1 N–H and O–H groups in total. The number of rotatable bonds is 7. The standard InChI is InChI=1S/C18H25ClN2O3S.C6H5Cl.C2H4O2/c1-3-15(10-20(2)25(23)16-8-9-16)21-17(11-24-12-18(21)22)13-4-6-14(19)7-5-13;7-6-4-2-1-3-5-6;1-2(3)4/h4-7,15-17H,3,8-12H2,1-2H3;1-5H;1H3,(H,3,4). The van der Waals surface area contributed by atoms with Crippen LogP contribution in [0.4, 0.5) is 0 Å². The van der Waals surface area contributed by atoms with E-state index in [2.05, 4.69) is 6.92 Å². The van der Waals surface area contributed by atoms with Gasteiger partial charge in [-0.1, -0.05) is 60.5 Å². The summed E-state index contributed by atoms with van der Waals surface area (Å²) in [6.45, 7) is 4.34. The van der Waals surface area contributed by atoms with Crippen molar-refractivity contribution in [2.45, 2.75) is 50.4 Å². The molecule has 0 aromatic heterocycles. The van der Waals surface area contributed by atoms with E-state index in [0.29, 0.717) is 23.4 Å². The molecule has 10 heteroatoms. The third-order valence-electron chi connectivity index (χ3n) is 5.56. The molecule has 4 rings (SSSR count). The SMILES string of the molecule is CC(=O)O.CCC(CN(C)S(=O)C1CC1)N1C(=O)COCC1c1ccc(Cl)cc1.Clc1ccccc1. The van der Waals surface area contributed by atoms with Crippen LogP contribution in [0.1, 0.15) is 44.7 Å². The molecule has 1 aliphatic carbocycles. The Kier molecular flexibility index (Phi) is 12.9. The Morgan fingerprint density at radius 2 is 1.69 bits per heavy atom. The molecule has 1 saturated heterocycles. The molecule has 7 nitrogen and oxygen atoms in total. The van der Waals surface area contributed by atoms with Crippen molar-refractivity contribution in [3.8, 4) is 0 Å². The van der Waals surface area contributed by atoms with Crippen molar-refractivity contribution in [2.24, 2.45) is 0 Å². The normalized spacial score (nSPS) is 18.9. The van der Waals surface area contributed by atoms with Gasteiger partial charge in [0, 0.05) is 34.8 Å². The van der Waals surface area contributed by atoms with Gasteiger partial charge in [0.1, 0.15) is 6.61 Å². The number of carboxylic acids is 1. The number of ether oxygens (including phenoxy) is 1. The molecule has 36 heavy (non-hydrogen) atoms. The van der Waals surface area contributed by atoms with Crippen molar-refractivity contribution in [1.82, 2.24) is 9.21 Å². The number of amides is 1. The maximum absolute atomic E-state index is 12.6. The molecule has 198 valence electrons. The third-order valence-corrected chi connectivity index (χ3v) is 7.87. The van der Waals surface area contributed by atoms with Crippen LogP contribution >= 0.6 is 23.2 Å². The number of carbonyl (C=O) groups is 2. The van der Waals surface area contributed by atoms with Gasteiger partial charge in [0.05, 0.1) is 23.6 Å². The zero-order valence-corrected chi connectivity index (χ0v) is 23.1. The quantitative estimate of drug-likeness (QED) is 0.505. The summed E-state index contributed by atoms with van der Waals surface area (Å²) in [4.78, 5) is 23.5. The minimum absolute atomic E-state index is 0.00442. The number of morpholine rings is 1. The van der Waals surface area contributed by atoms with Gasteiger partial charge in [-0.05, 0) is 56.1 Å². The van der Waals surface area contributed by atoms with Gasteiger partial charge in [-0.25, -0.2) is 8.51 Å². The second-order valence-electron chi connectivity index (χ2n) is 8.55. The highest BCUT2D eigenvalue weighted by atomic mass is 35.5. The summed E-state index contributed by atoms with van der Waals surface area (Å²) in [5.74, 6) is -0.844. The van der Waals surface area contributed by atoms with Crippen LogP contribution in [0.2, 0.25) is 10.0 Å². The number of likely N-dealkylation sites (N-methyl/N-ethyl adjacent to an activating group) is 1. The van der Waals surface area contributed by atoms with Crippen molar-refractivity contribution in [3.63, 3.8) is 0 Å². The van der Waals surface area contributed by atoms with Gasteiger partial charge in [-0.3, -0.25) is 9.59 Å². The number of carbonyl (C=O) groups excluding carboxylic acids is 1. The average Bonchev–Trinajstić information content (AvgIpc) is 3.69. The fourth-order valence-electron chi connectivity index (χ4n) is 3.71. The molecular formula is C26H34Cl2N2O5S. The van der Waals surface area contributed by atoms with Crippen LogP contribution in [-0.2, 0) is 25.3 Å². The number of benzene rings is 2. The molecule has 1 amide bonds. The first-order valence-corrected chi connectivity index (χ1v) is 13.7. The lowest BCUT2D eigenvalue weighted by atomic mass is 10.0. The lowest BCUT2D eigenvalue weighted by Gasteiger charge is -2.42. The lowest BCUT2D eigenvalue weighted by molar-refractivity contribution is -0.152. The second kappa shape index (κ2) is 15.3. The summed E-state index contributed by atoms with van der Waals surface area (Å²) in [6.07, 6.45) is 2.89. The molecule has 2 fully saturated rings. The summed E-state index contributed by atoms with van der Waals surface area (Å²) >= 11 is 11.5. The number of hydrogen-bond donors (Lipinski definition) is 1. The fourth-order valence-corrected chi connectivity index (χ4v) is 5.35. The Bertz CT molecular complexity index is 986. The molecular weight excluding hydrogens is 523 g/mol. The van der Waals surface area contributed by atoms with E-state index in [1.165, 1.54) is 0 Å². The predicted molar refractivity (Wildman–Crippen MR) is 144 cm³/mol. The molecule has 2 aromatic carbocycles. The van der Waals surface area contributed by atoms with Crippen LogP contribution in [0.3, 0.4) is 0 Å². The smallest absolute Gasteiger partial charge is 0.300 e. The Morgan fingerprint density at radius 3 is 2.17 bits per heavy atom. The first-order chi connectivity index (χ1) is 17.1. The number of aliphatic carboxylic acids is 1. The van der Waals surface area contributed by atoms with E-state index in [1.54, 1.807) is 0 Å². The highest BCUT2D eigenvalue weighted by molar-refractivity contribution is 7.83. The van der Waals surface area contributed by atoms with Gasteiger partial charge < -0.3 is 14.7 Å². The van der Waals surface area contributed by atoms with E-state index in [1.807, 2.05) is 70.9 Å². The lowest BCUT2D eigenvalue weighted by Crippen LogP contribution is -2.53. The van der Waals surface area contributed by atoms with E-state index in [0.717, 1.165) is 36.8 Å². The molecule has 1 heterocycles. The van der Waals surface area contributed by atoms with Crippen molar-refractivity contribution >= 4 is 46.1 Å². The van der Waals surface area contributed by atoms with Crippen LogP contribution in [0.15, 0.2) is 54.6 Å². The van der Waals surface area contributed by atoms with Gasteiger partial charge >= 0.3 is 0 Å². The van der Waals surface area contributed by atoms with Crippen LogP contribution in [-0.4, -0.2) is 68.5 Å². The number of carboxylic acid groups (broad SMARTS) is 1. The first-order valence-electron chi connectivity index (χ1n) is 11.8. The Balaban J connectivity index is 0.000000344. The molecule has 1 aliphatic heterocycles. The van der Waals surface area contributed by atoms with Crippen molar-refractivity contribution in [1.29, 1.82) is 0 Å². The molecule has 3 unspecified atom stereocenters. The van der Waals surface area contributed by atoms with E-state index in [4.69, 9.17) is 37.8 Å². The highest BCUT2D eigenvalue weighted by Gasteiger charge is 2.37. The zero-order chi connectivity index (χ0) is 26.7. The number of hydrogen-bond acceptors (Lipinski definition) is 4. The number of halogens is 2. The van der Waals surface area contributed by atoms with Crippen LogP contribution in [0.25, 0.3) is 0 Å². The van der Waals surface area contributed by atoms with Crippen LogP contribution in [0.5, 0.6) is 0 Å². The molecule has 2 aliphatic rings. The molecule has 1 saturated carbocycles. The molecule has 2 aromatic rings. The van der Waals surface area contributed by atoms with Gasteiger partial charge in [-0.15, -0.1) is 0 Å². The minimum Gasteiger partial charge on any atom is -0.481 e. The van der Waals surface area contributed by atoms with Crippen molar-refractivity contribution in [3.05, 3.63) is 70.2 Å². The number of nitrogens with zero attached hydrogens (tertiary/aromatic N) is 2. The summed E-state index contributed by atoms with van der Waals surface area (Å²) in [6, 6.07) is 16.9. The summed E-state index contributed by atoms with van der Waals surface area (Å²) < 4.78 is 19.8. The van der Waals surface area contributed by atoms with E-state index < -0.39 is 17.0 Å². The molecule has 0 bridgehead atoms. The Morgan fingerprint density at radius 1 is 1.14 bits per heavy atom. The predicted octanol–water partition coefficient (Wildman–Crippen LogP) is 5.21. The van der Waals surface area contributed by atoms with E-state index in [9.17, 15) is 9.00 Å². The summed E-state index contributed by atoms with van der Waals surface area (Å²) in [7, 11) is 0.933. The zero-order valence-electron chi connectivity index (χ0n) is 20.8. The molecule has 0 spiro atoms. The van der Waals surface area contributed by atoms with Crippen molar-refractivity contribution in [2.75, 3.05) is 26.8 Å². The van der Waals surface area contributed by atoms with E-state index >= 15 is 0 Å². The van der Waals surface area contributed by atoms with Crippen LogP contribution in [0, 0.1) is 0 Å². The molecule has 0 radical (unpaired) electrons. The first kappa shape index (κ1) is 30.3. The largest absolute Gasteiger partial charge is 0.481 e. The Labute approximate surface area is 225 Å². The maximum atomic E-state index is 12.6. The van der Waals surface area contributed by atoms with Crippen molar-refractivity contribution < 1.29 is 23.6 Å². The third kappa shape index (κ3) is 10.2. The molecule has 3 atom stereocenters. The van der Waals surface area contributed by atoms with Crippen LogP contribution < -0.4 is 0 Å². The van der Waals surface area contributed by atoms with Gasteiger partial charge in [0.15, 0.2) is 0 Å². The topological polar surface area (TPSA) is 87.2 Å². The monoisotopic (exact) mass is 556 g/mol. The minimum atomic E-state index is -0.955. The highest BCUT2D eigenvalue weighted by Crippen LogP contribution is 2.31. The summed E-state index contributed by atoms with van der Waals surface area (Å²) in [5, 5.41) is 9.18. The maximum Gasteiger partial charge on any atom is 0.300 e.